The van der Waals surface area contributed by atoms with Gasteiger partial charge in [-0.1, -0.05) is 53.7 Å². The predicted molar refractivity (Wildman–Crippen MR) is 161 cm³/mol. The molecule has 0 N–H and O–H groups in total. The molecule has 6 aromatic rings. The van der Waals surface area contributed by atoms with Gasteiger partial charge in [0.2, 0.25) is 5.88 Å². The second kappa shape index (κ2) is 11.0. The molecule has 43 heavy (non-hydrogen) atoms. The van der Waals surface area contributed by atoms with Crippen LogP contribution >= 0.6 is 0 Å². The Morgan fingerprint density at radius 1 is 0.907 bits per heavy atom. The molecule has 1 aliphatic rings. The highest BCUT2D eigenvalue weighted by Gasteiger charge is 2.34. The number of benzene rings is 4. The normalized spacial score (nSPS) is 13.9. The zero-order valence-electron chi connectivity index (χ0n) is 23.7. The number of nitrogens with zero attached hydrogens (tertiary/aromatic N) is 5. The lowest BCUT2D eigenvalue weighted by atomic mass is 9.83. The Hall–Kier alpha value is -5.64. The zero-order valence-corrected chi connectivity index (χ0v) is 23.7. The summed E-state index contributed by atoms with van der Waals surface area (Å²) in [6.45, 7) is 0.0650. The monoisotopic (exact) mass is 573 g/mol. The Bertz CT molecular complexity index is 1990. The van der Waals surface area contributed by atoms with E-state index in [1.54, 1.807) is 38.4 Å². The highest BCUT2D eigenvalue weighted by atomic mass is 16.6. The number of oxime groups is 1. The van der Waals surface area contributed by atoms with E-state index < -0.39 is 0 Å². The van der Waals surface area contributed by atoms with Gasteiger partial charge in [-0.2, -0.15) is 0 Å². The fourth-order valence-corrected chi connectivity index (χ4v) is 5.42. The van der Waals surface area contributed by atoms with Crippen molar-refractivity contribution in [1.82, 2.24) is 19.6 Å². The molecule has 0 aliphatic carbocycles. The van der Waals surface area contributed by atoms with Crippen molar-refractivity contribution in [2.45, 2.75) is 12.5 Å². The van der Waals surface area contributed by atoms with Gasteiger partial charge in [-0.15, -0.1) is 5.10 Å². The number of hydrogen-bond donors (Lipinski definition) is 0. The lowest BCUT2D eigenvalue weighted by Gasteiger charge is -2.28. The molecule has 1 atom stereocenters. The van der Waals surface area contributed by atoms with Crippen LogP contribution in [0.15, 0.2) is 90.3 Å². The van der Waals surface area contributed by atoms with Gasteiger partial charge in [-0.3, -0.25) is 0 Å². The molecular formula is C33H27N5O5. The first-order valence-corrected chi connectivity index (χ1v) is 13.6. The maximum Gasteiger partial charge on any atom is 0.228 e. The fraction of sp³-hybridized carbons (Fsp3) is 0.152. The Morgan fingerprint density at radius 3 is 2.56 bits per heavy atom. The smallest absolute Gasteiger partial charge is 0.228 e. The third-order valence-electron chi connectivity index (χ3n) is 7.47. The summed E-state index contributed by atoms with van der Waals surface area (Å²) >= 11 is 0. The number of aromatic nitrogens is 4. The van der Waals surface area contributed by atoms with Crippen LogP contribution in [0.1, 0.15) is 34.0 Å². The first kappa shape index (κ1) is 26.3. The summed E-state index contributed by atoms with van der Waals surface area (Å²) in [5.41, 5.74) is 4.32. The van der Waals surface area contributed by atoms with Crippen molar-refractivity contribution in [1.29, 1.82) is 0 Å². The molecule has 10 nitrogen and oxygen atoms in total. The maximum atomic E-state index is 6.50. The molecule has 0 saturated heterocycles. The highest BCUT2D eigenvalue weighted by molar-refractivity contribution is 5.91. The van der Waals surface area contributed by atoms with E-state index in [-0.39, 0.29) is 12.5 Å². The molecule has 2 aromatic heterocycles. The van der Waals surface area contributed by atoms with Gasteiger partial charge >= 0.3 is 0 Å². The SMILES string of the molecule is COc1ccc(C2c3ccc4ccccc4c3Oc3ncn4nc(CON=Cc5ccc(OC)c(OC)c5)nc4c32)cc1. The van der Waals surface area contributed by atoms with Crippen LogP contribution in [-0.4, -0.2) is 47.1 Å². The number of ether oxygens (including phenoxy) is 4. The fourth-order valence-electron chi connectivity index (χ4n) is 5.42. The van der Waals surface area contributed by atoms with Gasteiger partial charge in [0.15, 0.2) is 29.6 Å². The lowest BCUT2D eigenvalue weighted by Crippen LogP contribution is -2.15. The first-order chi connectivity index (χ1) is 21.2. The average molecular weight is 574 g/mol. The van der Waals surface area contributed by atoms with Crippen molar-refractivity contribution in [3.63, 3.8) is 0 Å². The molecule has 0 bridgehead atoms. The van der Waals surface area contributed by atoms with Crippen LogP contribution in [0.25, 0.3) is 16.4 Å². The Kier molecular flexibility index (Phi) is 6.71. The summed E-state index contributed by atoms with van der Waals surface area (Å²) in [5.74, 6) is 3.55. The molecule has 7 rings (SSSR count). The number of methoxy groups -OCH3 is 3. The van der Waals surface area contributed by atoms with E-state index in [0.717, 1.165) is 44.5 Å². The van der Waals surface area contributed by atoms with E-state index in [1.165, 1.54) is 0 Å². The predicted octanol–water partition coefficient (Wildman–Crippen LogP) is 6.14. The van der Waals surface area contributed by atoms with E-state index >= 15 is 0 Å². The number of hydrogen-bond acceptors (Lipinski definition) is 9. The Morgan fingerprint density at radius 2 is 1.74 bits per heavy atom. The molecule has 0 spiro atoms. The summed E-state index contributed by atoms with van der Waals surface area (Å²) in [6, 6.07) is 25.9. The summed E-state index contributed by atoms with van der Waals surface area (Å²) < 4.78 is 24.2. The van der Waals surface area contributed by atoms with Gasteiger partial charge in [0.1, 0.15) is 17.8 Å². The Balaban J connectivity index is 1.24. The summed E-state index contributed by atoms with van der Waals surface area (Å²) in [5, 5.41) is 10.8. The quantitative estimate of drug-likeness (QED) is 0.158. The van der Waals surface area contributed by atoms with Crippen molar-refractivity contribution in [2.75, 3.05) is 21.3 Å². The summed E-state index contributed by atoms with van der Waals surface area (Å²) in [4.78, 5) is 15.1. The number of rotatable bonds is 8. The van der Waals surface area contributed by atoms with Crippen LogP contribution in [0, 0.1) is 0 Å². The van der Waals surface area contributed by atoms with Gasteiger partial charge in [0, 0.05) is 22.4 Å². The van der Waals surface area contributed by atoms with Crippen LogP contribution in [0.4, 0.5) is 0 Å². The van der Waals surface area contributed by atoms with E-state index in [2.05, 4.69) is 51.6 Å². The van der Waals surface area contributed by atoms with Crippen molar-refractivity contribution in [3.05, 3.63) is 113 Å². The van der Waals surface area contributed by atoms with Gasteiger partial charge in [-0.25, -0.2) is 14.5 Å². The van der Waals surface area contributed by atoms with Crippen molar-refractivity contribution >= 4 is 22.6 Å². The summed E-state index contributed by atoms with van der Waals surface area (Å²) in [6.07, 6.45) is 3.20. The molecule has 1 aliphatic heterocycles. The van der Waals surface area contributed by atoms with Gasteiger partial charge in [0.25, 0.3) is 0 Å². The maximum absolute atomic E-state index is 6.50. The second-order valence-electron chi connectivity index (χ2n) is 9.90. The lowest BCUT2D eigenvalue weighted by molar-refractivity contribution is 0.126. The van der Waals surface area contributed by atoms with Crippen molar-refractivity contribution in [2.24, 2.45) is 5.16 Å². The number of fused-ring (bicyclic) bond motifs is 6. The topological polar surface area (TPSA) is 102 Å². The van der Waals surface area contributed by atoms with Crippen molar-refractivity contribution in [3.8, 4) is 28.9 Å². The highest BCUT2D eigenvalue weighted by Crippen LogP contribution is 2.50. The van der Waals surface area contributed by atoms with Crippen LogP contribution in [0.5, 0.6) is 28.9 Å². The Labute approximate surface area is 247 Å². The molecular weight excluding hydrogens is 546 g/mol. The summed E-state index contributed by atoms with van der Waals surface area (Å²) in [7, 11) is 4.84. The second-order valence-corrected chi connectivity index (χ2v) is 9.90. The largest absolute Gasteiger partial charge is 0.497 e. The first-order valence-electron chi connectivity index (χ1n) is 13.6. The van der Waals surface area contributed by atoms with Crippen LogP contribution in [0.2, 0.25) is 0 Å². The minimum Gasteiger partial charge on any atom is -0.497 e. The van der Waals surface area contributed by atoms with Gasteiger partial charge < -0.3 is 23.8 Å². The van der Waals surface area contributed by atoms with Gasteiger partial charge in [-0.05, 0) is 41.3 Å². The molecule has 4 aromatic carbocycles. The van der Waals surface area contributed by atoms with Gasteiger partial charge in [0.05, 0.1) is 33.1 Å². The van der Waals surface area contributed by atoms with E-state index in [4.69, 9.17) is 28.8 Å². The van der Waals surface area contributed by atoms with Crippen LogP contribution < -0.4 is 18.9 Å². The van der Waals surface area contributed by atoms with Crippen LogP contribution in [-0.2, 0) is 11.4 Å². The van der Waals surface area contributed by atoms with Crippen LogP contribution in [0.3, 0.4) is 0 Å². The standard InChI is InChI=1S/C33H27N5O5/c1-39-23-12-9-22(10-13-23)29-25-14-11-21-6-4-5-7-24(21)31(25)43-33-30(29)32-36-28(37-38(32)19-34-33)18-42-35-17-20-8-15-26(40-2)27(16-20)41-3/h4-17,19,29H,18H2,1-3H3. The molecule has 0 fully saturated rings. The minimum atomic E-state index is -0.202. The average Bonchev–Trinajstić information content (AvgIpc) is 3.49. The molecule has 0 saturated carbocycles. The van der Waals surface area contributed by atoms with E-state index in [9.17, 15) is 0 Å². The van der Waals surface area contributed by atoms with Crippen molar-refractivity contribution < 1.29 is 23.8 Å². The van der Waals surface area contributed by atoms with E-state index in [1.807, 2.05) is 42.5 Å². The zero-order chi connectivity index (χ0) is 29.3. The molecule has 0 radical (unpaired) electrons. The third-order valence-corrected chi connectivity index (χ3v) is 7.47. The van der Waals surface area contributed by atoms with E-state index in [0.29, 0.717) is 28.9 Å². The molecule has 1 unspecified atom stereocenters. The molecule has 10 heteroatoms. The third kappa shape index (κ3) is 4.72. The molecule has 0 amide bonds. The minimum absolute atomic E-state index is 0.0650. The molecule has 214 valence electrons. The molecule has 3 heterocycles.